The summed E-state index contributed by atoms with van der Waals surface area (Å²) in [6.45, 7) is 7.14. The molecule has 0 saturated carbocycles. The van der Waals surface area contributed by atoms with Crippen molar-refractivity contribution in [3.05, 3.63) is 49.6 Å². The van der Waals surface area contributed by atoms with Crippen LogP contribution in [0.1, 0.15) is 40.5 Å². The Morgan fingerprint density at radius 2 is 2.14 bits per heavy atom. The fraction of sp³-hybridized carbons (Fsp3) is 0.438. The summed E-state index contributed by atoms with van der Waals surface area (Å²) in [5, 5.41) is 4.59. The van der Waals surface area contributed by atoms with Gasteiger partial charge in [-0.1, -0.05) is 19.1 Å². The highest BCUT2D eigenvalue weighted by molar-refractivity contribution is 9.10. The SMILES string of the molecule is CCCNC(Cc1nc(C)c(C)s1)c1cccc(F)c1Br. The molecule has 0 amide bonds. The molecule has 2 aromatic rings. The molecule has 1 heterocycles. The summed E-state index contributed by atoms with van der Waals surface area (Å²) in [5.74, 6) is -0.220. The molecule has 1 aromatic heterocycles. The highest BCUT2D eigenvalue weighted by Crippen LogP contribution is 2.30. The lowest BCUT2D eigenvalue weighted by molar-refractivity contribution is 0.520. The first-order chi connectivity index (χ1) is 10.0. The number of aromatic nitrogens is 1. The number of aryl methyl sites for hydroxylation is 2. The van der Waals surface area contributed by atoms with E-state index in [0.29, 0.717) is 4.47 Å². The van der Waals surface area contributed by atoms with Crippen molar-refractivity contribution in [1.29, 1.82) is 0 Å². The number of nitrogens with zero attached hydrogens (tertiary/aromatic N) is 1. The second kappa shape index (κ2) is 7.47. The maximum Gasteiger partial charge on any atom is 0.137 e. The summed E-state index contributed by atoms with van der Waals surface area (Å²) in [6.07, 6.45) is 1.82. The summed E-state index contributed by atoms with van der Waals surface area (Å²) in [6, 6.07) is 5.27. The van der Waals surface area contributed by atoms with Crippen LogP contribution in [0.4, 0.5) is 4.39 Å². The van der Waals surface area contributed by atoms with Gasteiger partial charge in [0.25, 0.3) is 0 Å². The number of halogens is 2. The molecule has 0 saturated heterocycles. The second-order valence-corrected chi connectivity index (χ2v) is 7.18. The van der Waals surface area contributed by atoms with Gasteiger partial charge < -0.3 is 5.32 Å². The van der Waals surface area contributed by atoms with E-state index in [0.717, 1.165) is 35.7 Å². The van der Waals surface area contributed by atoms with Gasteiger partial charge in [0.1, 0.15) is 5.82 Å². The molecule has 2 rings (SSSR count). The van der Waals surface area contributed by atoms with Crippen LogP contribution in [0.25, 0.3) is 0 Å². The van der Waals surface area contributed by atoms with Crippen molar-refractivity contribution in [3.63, 3.8) is 0 Å². The van der Waals surface area contributed by atoms with Crippen molar-refractivity contribution < 1.29 is 4.39 Å². The van der Waals surface area contributed by atoms with Crippen molar-refractivity contribution in [2.75, 3.05) is 6.54 Å². The van der Waals surface area contributed by atoms with Crippen LogP contribution in [0.3, 0.4) is 0 Å². The maximum absolute atomic E-state index is 13.8. The van der Waals surface area contributed by atoms with Crippen molar-refractivity contribution >= 4 is 27.3 Å². The number of benzene rings is 1. The van der Waals surface area contributed by atoms with Gasteiger partial charge in [0.05, 0.1) is 15.2 Å². The van der Waals surface area contributed by atoms with E-state index in [9.17, 15) is 4.39 Å². The number of thiazole rings is 1. The zero-order valence-electron chi connectivity index (χ0n) is 12.5. The van der Waals surface area contributed by atoms with Crippen LogP contribution in [0.2, 0.25) is 0 Å². The van der Waals surface area contributed by atoms with E-state index in [-0.39, 0.29) is 11.9 Å². The lowest BCUT2D eigenvalue weighted by atomic mass is 10.0. The van der Waals surface area contributed by atoms with Crippen molar-refractivity contribution in [2.24, 2.45) is 0 Å². The third-order valence-corrected chi connectivity index (χ3v) is 5.38. The first kappa shape index (κ1) is 16.6. The minimum absolute atomic E-state index is 0.0694. The van der Waals surface area contributed by atoms with Crippen LogP contribution < -0.4 is 5.32 Å². The van der Waals surface area contributed by atoms with Gasteiger partial charge in [0, 0.05) is 17.3 Å². The average Bonchev–Trinajstić information content (AvgIpc) is 2.76. The van der Waals surface area contributed by atoms with Gasteiger partial charge in [-0.2, -0.15) is 0 Å². The summed E-state index contributed by atoms with van der Waals surface area (Å²) < 4.78 is 14.3. The third-order valence-electron chi connectivity index (χ3n) is 3.45. The molecule has 1 unspecified atom stereocenters. The Balaban J connectivity index is 2.27. The predicted molar refractivity (Wildman–Crippen MR) is 90.4 cm³/mol. The van der Waals surface area contributed by atoms with Crippen LogP contribution >= 0.6 is 27.3 Å². The predicted octanol–water partition coefficient (Wildman–Crippen LogP) is 4.94. The largest absolute Gasteiger partial charge is 0.310 e. The van der Waals surface area contributed by atoms with E-state index in [1.54, 1.807) is 17.4 Å². The molecule has 21 heavy (non-hydrogen) atoms. The van der Waals surface area contributed by atoms with Gasteiger partial charge in [-0.3, -0.25) is 0 Å². The van der Waals surface area contributed by atoms with Crippen molar-refractivity contribution in [1.82, 2.24) is 10.3 Å². The Morgan fingerprint density at radius 1 is 1.38 bits per heavy atom. The zero-order valence-corrected chi connectivity index (χ0v) is 14.9. The Labute approximate surface area is 137 Å². The van der Waals surface area contributed by atoms with Gasteiger partial charge in [0.2, 0.25) is 0 Å². The summed E-state index contributed by atoms with van der Waals surface area (Å²) in [4.78, 5) is 5.85. The molecule has 0 fully saturated rings. The molecular weight excluding hydrogens is 351 g/mol. The minimum atomic E-state index is -0.220. The quantitative estimate of drug-likeness (QED) is 0.778. The molecule has 0 radical (unpaired) electrons. The number of nitrogens with one attached hydrogen (secondary N) is 1. The van der Waals surface area contributed by atoms with E-state index >= 15 is 0 Å². The fourth-order valence-electron chi connectivity index (χ4n) is 2.20. The molecule has 0 aliphatic heterocycles. The Kier molecular flexibility index (Phi) is 5.90. The van der Waals surface area contributed by atoms with E-state index < -0.39 is 0 Å². The van der Waals surface area contributed by atoms with Crippen LogP contribution in [0, 0.1) is 19.7 Å². The van der Waals surface area contributed by atoms with E-state index in [1.165, 1.54) is 10.9 Å². The first-order valence-corrected chi connectivity index (χ1v) is 8.74. The van der Waals surface area contributed by atoms with Crippen LogP contribution in [0.5, 0.6) is 0 Å². The molecule has 0 spiro atoms. The highest BCUT2D eigenvalue weighted by Gasteiger charge is 2.18. The topological polar surface area (TPSA) is 24.9 Å². The maximum atomic E-state index is 13.8. The van der Waals surface area contributed by atoms with Gasteiger partial charge in [-0.25, -0.2) is 9.37 Å². The number of hydrogen-bond donors (Lipinski definition) is 1. The van der Waals surface area contributed by atoms with E-state index in [1.807, 2.05) is 13.0 Å². The van der Waals surface area contributed by atoms with E-state index in [4.69, 9.17) is 0 Å². The fourth-order valence-corrected chi connectivity index (χ4v) is 3.72. The smallest absolute Gasteiger partial charge is 0.137 e. The van der Waals surface area contributed by atoms with Gasteiger partial charge in [-0.05, 0) is 54.4 Å². The molecular formula is C16H20BrFN2S. The van der Waals surface area contributed by atoms with Crippen molar-refractivity contribution in [2.45, 2.75) is 39.7 Å². The summed E-state index contributed by atoms with van der Waals surface area (Å²) in [7, 11) is 0. The molecule has 0 bridgehead atoms. The second-order valence-electron chi connectivity index (χ2n) is 5.10. The minimum Gasteiger partial charge on any atom is -0.310 e. The lowest BCUT2D eigenvalue weighted by Crippen LogP contribution is -2.24. The third kappa shape index (κ3) is 4.11. The van der Waals surface area contributed by atoms with Crippen LogP contribution in [0.15, 0.2) is 22.7 Å². The molecule has 1 atom stereocenters. The molecule has 2 nitrogen and oxygen atoms in total. The van der Waals surface area contributed by atoms with Crippen LogP contribution in [-0.4, -0.2) is 11.5 Å². The lowest BCUT2D eigenvalue weighted by Gasteiger charge is -2.19. The van der Waals surface area contributed by atoms with Crippen molar-refractivity contribution in [3.8, 4) is 0 Å². The molecule has 5 heteroatoms. The van der Waals surface area contributed by atoms with Crippen LogP contribution in [-0.2, 0) is 6.42 Å². The molecule has 1 N–H and O–H groups in total. The zero-order chi connectivity index (χ0) is 15.4. The molecule has 1 aromatic carbocycles. The van der Waals surface area contributed by atoms with Gasteiger partial charge in [0.15, 0.2) is 0 Å². The standard InChI is InChI=1S/C16H20BrFN2S/c1-4-8-19-14(9-15-20-10(2)11(3)21-15)12-6-5-7-13(18)16(12)17/h5-7,14,19H,4,8-9H2,1-3H3. The normalized spacial score (nSPS) is 12.6. The monoisotopic (exact) mass is 370 g/mol. The number of hydrogen-bond acceptors (Lipinski definition) is 3. The molecule has 0 aliphatic rings. The van der Waals surface area contributed by atoms with Gasteiger partial charge in [-0.15, -0.1) is 11.3 Å². The Morgan fingerprint density at radius 3 is 2.76 bits per heavy atom. The molecule has 114 valence electrons. The summed E-state index contributed by atoms with van der Waals surface area (Å²) >= 11 is 5.09. The highest BCUT2D eigenvalue weighted by atomic mass is 79.9. The van der Waals surface area contributed by atoms with Gasteiger partial charge >= 0.3 is 0 Å². The first-order valence-electron chi connectivity index (χ1n) is 7.13. The molecule has 0 aliphatic carbocycles. The average molecular weight is 371 g/mol. The number of rotatable bonds is 6. The van der Waals surface area contributed by atoms with E-state index in [2.05, 4.69) is 40.1 Å². The summed E-state index contributed by atoms with van der Waals surface area (Å²) in [5.41, 5.74) is 2.04. The Hall–Kier alpha value is -0.780. The Bertz CT molecular complexity index is 593.